The highest BCUT2D eigenvalue weighted by molar-refractivity contribution is 6.30. The van der Waals surface area contributed by atoms with Crippen LogP contribution in [-0.4, -0.2) is 54.0 Å². The van der Waals surface area contributed by atoms with E-state index < -0.39 is 6.09 Å². The van der Waals surface area contributed by atoms with Gasteiger partial charge in [-0.2, -0.15) is 0 Å². The first-order chi connectivity index (χ1) is 15.5. The molecule has 4 rings (SSSR count). The minimum absolute atomic E-state index is 0.0130. The van der Waals surface area contributed by atoms with Crippen molar-refractivity contribution in [3.05, 3.63) is 70.7 Å². The number of nitrogens with two attached hydrogens (primary N) is 1. The molecule has 2 aliphatic rings. The lowest BCUT2D eigenvalue weighted by molar-refractivity contribution is -0.139. The van der Waals surface area contributed by atoms with E-state index in [0.717, 1.165) is 36.3 Å². The van der Waals surface area contributed by atoms with Gasteiger partial charge in [0.1, 0.15) is 13.2 Å². The number of carbonyl (C=O) groups is 2. The number of ether oxygens (including phenoxy) is 1. The summed E-state index contributed by atoms with van der Waals surface area (Å²) < 4.78 is 5.39. The van der Waals surface area contributed by atoms with Gasteiger partial charge in [0.05, 0.1) is 0 Å². The Kier molecular flexibility index (Phi) is 7.01. The molecule has 1 aliphatic carbocycles. The van der Waals surface area contributed by atoms with Crippen molar-refractivity contribution >= 4 is 23.6 Å². The van der Waals surface area contributed by atoms with E-state index in [1.807, 2.05) is 53.4 Å². The number of nitrogens with zero attached hydrogens (tertiary/aromatic N) is 2. The highest BCUT2D eigenvalue weighted by Crippen LogP contribution is 2.41. The van der Waals surface area contributed by atoms with Gasteiger partial charge in [0.2, 0.25) is 5.91 Å². The lowest BCUT2D eigenvalue weighted by Gasteiger charge is -2.45. The molecule has 0 radical (unpaired) electrons. The first-order valence-electron chi connectivity index (χ1n) is 11.2. The molecule has 0 bridgehead atoms. The van der Waals surface area contributed by atoms with Gasteiger partial charge in [0.15, 0.2) is 0 Å². The third-order valence-electron chi connectivity index (χ3n) is 6.90. The molecule has 0 atom stereocenters. The molecule has 1 aliphatic heterocycles. The third kappa shape index (κ3) is 4.92. The van der Waals surface area contributed by atoms with E-state index in [1.54, 1.807) is 0 Å². The summed E-state index contributed by atoms with van der Waals surface area (Å²) in [5.74, 6) is -0.0130. The van der Waals surface area contributed by atoms with Crippen LogP contribution in [0.25, 0.3) is 0 Å². The quantitative estimate of drug-likeness (QED) is 0.740. The average Bonchev–Trinajstić information content (AvgIpc) is 2.83. The molecule has 170 valence electrons. The fraction of sp³-hybridized carbons (Fsp3) is 0.440. The highest BCUT2D eigenvalue weighted by atomic mass is 35.5. The minimum atomic E-state index is -0.436. The largest absolute Gasteiger partial charge is 0.445 e. The summed E-state index contributed by atoms with van der Waals surface area (Å²) in [6.07, 6.45) is 3.19. The van der Waals surface area contributed by atoms with Gasteiger partial charge in [-0.1, -0.05) is 54.1 Å². The topological polar surface area (TPSA) is 75.9 Å². The highest BCUT2D eigenvalue weighted by Gasteiger charge is 2.40. The van der Waals surface area contributed by atoms with Gasteiger partial charge in [0.25, 0.3) is 0 Å². The molecule has 2 amide bonds. The Bertz CT molecular complexity index is 944. The van der Waals surface area contributed by atoms with E-state index in [4.69, 9.17) is 22.1 Å². The monoisotopic (exact) mass is 455 g/mol. The van der Waals surface area contributed by atoms with Crippen molar-refractivity contribution < 1.29 is 14.3 Å². The normalized spacial score (nSPS) is 23.8. The number of amides is 2. The fourth-order valence-corrected chi connectivity index (χ4v) is 5.13. The molecule has 2 fully saturated rings. The number of carbonyl (C=O) groups excluding carboxylic acids is 2. The van der Waals surface area contributed by atoms with Crippen molar-refractivity contribution in [2.24, 2.45) is 5.73 Å². The number of rotatable bonds is 5. The maximum absolute atomic E-state index is 12.9. The summed E-state index contributed by atoms with van der Waals surface area (Å²) in [4.78, 5) is 28.7. The second-order valence-corrected chi connectivity index (χ2v) is 9.21. The Morgan fingerprint density at radius 3 is 2.50 bits per heavy atom. The van der Waals surface area contributed by atoms with Crippen molar-refractivity contribution in [2.75, 3.05) is 26.2 Å². The van der Waals surface area contributed by atoms with Crippen LogP contribution in [0.3, 0.4) is 0 Å². The molecule has 7 heteroatoms. The zero-order valence-electron chi connectivity index (χ0n) is 18.2. The number of piperazine rings is 1. The molecule has 2 aromatic rings. The van der Waals surface area contributed by atoms with Crippen molar-refractivity contribution in [1.29, 1.82) is 0 Å². The van der Waals surface area contributed by atoms with Crippen LogP contribution in [-0.2, 0) is 21.6 Å². The standard InChI is InChI=1S/C25H30ClN3O3/c26-21-8-4-7-20(15-21)25(18-27)11-9-22(10-12-25)29-14-13-28(16-23(29)30)24(31)32-17-19-5-2-1-3-6-19/h1-8,15,22H,9-14,16-18,27H2. The summed E-state index contributed by atoms with van der Waals surface area (Å²) in [6, 6.07) is 17.7. The minimum Gasteiger partial charge on any atom is -0.445 e. The summed E-state index contributed by atoms with van der Waals surface area (Å²) in [5, 5.41) is 0.725. The van der Waals surface area contributed by atoms with E-state index in [1.165, 1.54) is 10.5 Å². The summed E-state index contributed by atoms with van der Waals surface area (Å²) >= 11 is 6.21. The van der Waals surface area contributed by atoms with E-state index in [-0.39, 0.29) is 30.5 Å². The van der Waals surface area contributed by atoms with Gasteiger partial charge < -0.3 is 15.4 Å². The van der Waals surface area contributed by atoms with Gasteiger partial charge in [-0.3, -0.25) is 9.69 Å². The van der Waals surface area contributed by atoms with Crippen LogP contribution in [0.15, 0.2) is 54.6 Å². The second-order valence-electron chi connectivity index (χ2n) is 8.77. The van der Waals surface area contributed by atoms with Crippen molar-refractivity contribution in [2.45, 2.75) is 43.7 Å². The van der Waals surface area contributed by atoms with Crippen LogP contribution in [0.5, 0.6) is 0 Å². The molecule has 32 heavy (non-hydrogen) atoms. The van der Waals surface area contributed by atoms with Crippen LogP contribution in [0, 0.1) is 0 Å². The predicted octanol–water partition coefficient (Wildman–Crippen LogP) is 3.96. The molecule has 0 spiro atoms. The molecule has 1 heterocycles. The van der Waals surface area contributed by atoms with Crippen LogP contribution >= 0.6 is 11.6 Å². The van der Waals surface area contributed by atoms with E-state index >= 15 is 0 Å². The molecule has 6 nitrogen and oxygen atoms in total. The fourth-order valence-electron chi connectivity index (χ4n) is 4.93. The smallest absolute Gasteiger partial charge is 0.410 e. The van der Waals surface area contributed by atoms with Gasteiger partial charge >= 0.3 is 6.09 Å². The Morgan fingerprint density at radius 1 is 1.09 bits per heavy atom. The van der Waals surface area contributed by atoms with E-state index in [0.29, 0.717) is 19.6 Å². The molecular weight excluding hydrogens is 426 g/mol. The third-order valence-corrected chi connectivity index (χ3v) is 7.14. The summed E-state index contributed by atoms with van der Waals surface area (Å²) in [6.45, 7) is 1.87. The first-order valence-corrected chi connectivity index (χ1v) is 11.6. The van der Waals surface area contributed by atoms with Crippen LogP contribution in [0.4, 0.5) is 4.79 Å². The SMILES string of the molecule is NCC1(c2cccc(Cl)c2)CCC(N2CCN(C(=O)OCc3ccccc3)CC2=O)CC1. The molecule has 2 aromatic carbocycles. The molecule has 0 aromatic heterocycles. The van der Waals surface area contributed by atoms with Crippen LogP contribution in [0.1, 0.15) is 36.8 Å². The Labute approximate surface area is 194 Å². The molecule has 1 saturated carbocycles. The van der Waals surface area contributed by atoms with Crippen molar-refractivity contribution in [3.8, 4) is 0 Å². The van der Waals surface area contributed by atoms with Crippen LogP contribution < -0.4 is 5.73 Å². The zero-order chi connectivity index (χ0) is 22.6. The van der Waals surface area contributed by atoms with E-state index in [9.17, 15) is 9.59 Å². The number of halogens is 1. The number of hydrogen-bond donors (Lipinski definition) is 1. The average molecular weight is 456 g/mol. The Morgan fingerprint density at radius 2 is 1.84 bits per heavy atom. The first kappa shape index (κ1) is 22.6. The van der Waals surface area contributed by atoms with Gasteiger partial charge in [-0.15, -0.1) is 0 Å². The number of hydrogen-bond acceptors (Lipinski definition) is 4. The lowest BCUT2D eigenvalue weighted by atomic mass is 9.68. The molecule has 0 unspecified atom stereocenters. The van der Waals surface area contributed by atoms with Crippen molar-refractivity contribution in [1.82, 2.24) is 9.80 Å². The summed E-state index contributed by atoms with van der Waals surface area (Å²) in [7, 11) is 0. The summed E-state index contributed by atoms with van der Waals surface area (Å²) in [5.41, 5.74) is 8.23. The second kappa shape index (κ2) is 9.92. The van der Waals surface area contributed by atoms with E-state index in [2.05, 4.69) is 6.07 Å². The van der Waals surface area contributed by atoms with Gasteiger partial charge in [-0.25, -0.2) is 4.79 Å². The van der Waals surface area contributed by atoms with Crippen molar-refractivity contribution in [3.63, 3.8) is 0 Å². The maximum Gasteiger partial charge on any atom is 0.410 e. The maximum atomic E-state index is 12.9. The molecule has 2 N–H and O–H groups in total. The van der Waals surface area contributed by atoms with Crippen LogP contribution in [0.2, 0.25) is 5.02 Å². The van der Waals surface area contributed by atoms with Gasteiger partial charge in [-0.05, 0) is 48.9 Å². The Balaban J connectivity index is 1.31. The lowest BCUT2D eigenvalue weighted by Crippen LogP contribution is -2.57. The molecule has 1 saturated heterocycles. The van der Waals surface area contributed by atoms with Gasteiger partial charge in [0, 0.05) is 36.1 Å². The predicted molar refractivity (Wildman–Crippen MR) is 124 cm³/mol. The zero-order valence-corrected chi connectivity index (χ0v) is 19.0. The molecular formula is C25H30ClN3O3. The Hall–Kier alpha value is -2.57. The number of benzene rings is 2.